The number of rotatable bonds is 2. The fourth-order valence-electron chi connectivity index (χ4n) is 2.06. The van der Waals surface area contributed by atoms with Crippen molar-refractivity contribution in [3.8, 4) is 0 Å². The second-order valence-electron chi connectivity index (χ2n) is 4.14. The third-order valence-corrected chi connectivity index (χ3v) is 3.80. The van der Waals surface area contributed by atoms with Crippen LogP contribution < -0.4 is 5.32 Å². The first kappa shape index (κ1) is 11.2. The summed E-state index contributed by atoms with van der Waals surface area (Å²) in [5.74, 6) is 1.63. The third kappa shape index (κ3) is 2.64. The Morgan fingerprint density at radius 2 is 2.33 bits per heavy atom. The van der Waals surface area contributed by atoms with E-state index in [4.69, 9.17) is 11.6 Å². The molecule has 1 aromatic heterocycles. The van der Waals surface area contributed by atoms with Crippen LogP contribution in [0.2, 0.25) is 5.02 Å². The number of nitrogens with zero attached hydrogens (tertiary/aromatic N) is 1. The van der Waals surface area contributed by atoms with Gasteiger partial charge in [0, 0.05) is 12.2 Å². The highest BCUT2D eigenvalue weighted by Gasteiger charge is 2.23. The fourth-order valence-corrected chi connectivity index (χ4v) is 2.81. The van der Waals surface area contributed by atoms with Crippen molar-refractivity contribution in [3.63, 3.8) is 0 Å². The molecule has 0 amide bonds. The lowest BCUT2D eigenvalue weighted by Crippen LogP contribution is -2.22. The molecule has 0 bridgehead atoms. The number of hydrogen-bond acceptors (Lipinski definition) is 2. The molecular formula is C11H14BrClN2. The van der Waals surface area contributed by atoms with E-state index in [1.807, 2.05) is 6.07 Å². The Morgan fingerprint density at radius 1 is 1.53 bits per heavy atom. The molecule has 0 aromatic carbocycles. The first-order chi connectivity index (χ1) is 7.16. The van der Waals surface area contributed by atoms with E-state index in [-0.39, 0.29) is 0 Å². The van der Waals surface area contributed by atoms with Gasteiger partial charge in [0.05, 0.1) is 9.50 Å². The summed E-state index contributed by atoms with van der Waals surface area (Å²) in [6.07, 6.45) is 5.53. The van der Waals surface area contributed by atoms with Gasteiger partial charge in [-0.2, -0.15) is 0 Å². The minimum Gasteiger partial charge on any atom is -0.366 e. The Kier molecular flexibility index (Phi) is 3.52. The molecule has 82 valence electrons. The van der Waals surface area contributed by atoms with Crippen LogP contribution in [0.3, 0.4) is 0 Å². The molecule has 2 rings (SSSR count). The molecule has 4 heteroatoms. The van der Waals surface area contributed by atoms with Crippen LogP contribution in [-0.4, -0.2) is 11.0 Å². The first-order valence-electron chi connectivity index (χ1n) is 5.24. The maximum atomic E-state index is 5.84. The molecule has 15 heavy (non-hydrogen) atoms. The van der Waals surface area contributed by atoms with Gasteiger partial charge in [-0.15, -0.1) is 0 Å². The summed E-state index contributed by atoms with van der Waals surface area (Å²) in [5.41, 5.74) is 0. The molecule has 1 N–H and O–H groups in total. The van der Waals surface area contributed by atoms with Gasteiger partial charge in [-0.25, -0.2) is 4.98 Å². The van der Waals surface area contributed by atoms with Crippen LogP contribution in [0, 0.1) is 5.92 Å². The van der Waals surface area contributed by atoms with Gasteiger partial charge in [0.1, 0.15) is 5.82 Å². The van der Waals surface area contributed by atoms with Crippen LogP contribution >= 0.6 is 27.5 Å². The molecule has 1 fully saturated rings. The molecule has 0 radical (unpaired) electrons. The highest BCUT2D eigenvalue weighted by atomic mass is 79.9. The highest BCUT2D eigenvalue weighted by molar-refractivity contribution is 9.10. The van der Waals surface area contributed by atoms with Gasteiger partial charge in [-0.1, -0.05) is 24.9 Å². The van der Waals surface area contributed by atoms with E-state index in [1.54, 1.807) is 6.20 Å². The Hall–Kier alpha value is -0.280. The van der Waals surface area contributed by atoms with Crippen LogP contribution in [0.5, 0.6) is 0 Å². The summed E-state index contributed by atoms with van der Waals surface area (Å²) in [4.78, 5) is 4.29. The molecule has 1 aliphatic carbocycles. The van der Waals surface area contributed by atoms with E-state index in [1.165, 1.54) is 19.3 Å². The number of aromatic nitrogens is 1. The molecule has 2 atom stereocenters. The quantitative estimate of drug-likeness (QED) is 0.886. The van der Waals surface area contributed by atoms with Gasteiger partial charge < -0.3 is 5.32 Å². The van der Waals surface area contributed by atoms with E-state index in [0.29, 0.717) is 11.1 Å². The highest BCUT2D eigenvalue weighted by Crippen LogP contribution is 2.30. The maximum Gasteiger partial charge on any atom is 0.140 e. The molecule has 1 heterocycles. The monoisotopic (exact) mass is 288 g/mol. The SMILES string of the molecule is CC1CCCC1Nc1ncc(Cl)cc1Br. The Morgan fingerprint density at radius 3 is 2.93 bits per heavy atom. The minimum atomic E-state index is 0.551. The molecule has 0 saturated heterocycles. The summed E-state index contributed by atoms with van der Waals surface area (Å²) in [6.45, 7) is 2.29. The second kappa shape index (κ2) is 4.71. The number of anilines is 1. The predicted molar refractivity (Wildman–Crippen MR) is 67.4 cm³/mol. The van der Waals surface area contributed by atoms with Gasteiger partial charge in [0.2, 0.25) is 0 Å². The van der Waals surface area contributed by atoms with Crippen molar-refractivity contribution in [2.45, 2.75) is 32.2 Å². The zero-order valence-electron chi connectivity index (χ0n) is 8.63. The molecular weight excluding hydrogens is 275 g/mol. The largest absolute Gasteiger partial charge is 0.366 e. The zero-order chi connectivity index (χ0) is 10.8. The number of halogens is 2. The minimum absolute atomic E-state index is 0.551. The molecule has 0 aliphatic heterocycles. The van der Waals surface area contributed by atoms with Gasteiger partial charge in [-0.3, -0.25) is 0 Å². The lowest BCUT2D eigenvalue weighted by Gasteiger charge is -2.18. The maximum absolute atomic E-state index is 5.84. The Labute approximate surface area is 104 Å². The Bertz CT molecular complexity index is 356. The molecule has 1 saturated carbocycles. The van der Waals surface area contributed by atoms with E-state index in [2.05, 4.69) is 33.2 Å². The first-order valence-corrected chi connectivity index (χ1v) is 6.41. The standard InChI is InChI=1S/C11H14BrClN2/c1-7-3-2-4-10(7)15-11-9(12)5-8(13)6-14-11/h5-7,10H,2-4H2,1H3,(H,14,15). The number of hydrogen-bond donors (Lipinski definition) is 1. The van der Waals surface area contributed by atoms with E-state index in [9.17, 15) is 0 Å². The van der Waals surface area contributed by atoms with Crippen molar-refractivity contribution in [1.82, 2.24) is 4.98 Å². The van der Waals surface area contributed by atoms with Crippen molar-refractivity contribution < 1.29 is 0 Å². The van der Waals surface area contributed by atoms with E-state index in [0.717, 1.165) is 16.2 Å². The molecule has 1 aromatic rings. The molecule has 1 aliphatic rings. The summed E-state index contributed by atoms with van der Waals surface area (Å²) in [6, 6.07) is 2.42. The summed E-state index contributed by atoms with van der Waals surface area (Å²) in [7, 11) is 0. The summed E-state index contributed by atoms with van der Waals surface area (Å²) >= 11 is 9.31. The zero-order valence-corrected chi connectivity index (χ0v) is 11.0. The van der Waals surface area contributed by atoms with Crippen molar-refractivity contribution in [3.05, 3.63) is 21.8 Å². The van der Waals surface area contributed by atoms with Crippen molar-refractivity contribution in [2.24, 2.45) is 5.92 Å². The van der Waals surface area contributed by atoms with E-state index < -0.39 is 0 Å². The molecule has 0 spiro atoms. The second-order valence-corrected chi connectivity index (χ2v) is 5.43. The normalized spacial score (nSPS) is 25.5. The van der Waals surface area contributed by atoms with Crippen molar-refractivity contribution in [2.75, 3.05) is 5.32 Å². The fraction of sp³-hybridized carbons (Fsp3) is 0.545. The summed E-state index contributed by atoms with van der Waals surface area (Å²) < 4.78 is 0.939. The van der Waals surface area contributed by atoms with Crippen LogP contribution in [0.1, 0.15) is 26.2 Å². The smallest absolute Gasteiger partial charge is 0.140 e. The number of nitrogens with one attached hydrogen (secondary N) is 1. The lowest BCUT2D eigenvalue weighted by atomic mass is 10.1. The van der Waals surface area contributed by atoms with Gasteiger partial charge in [0.25, 0.3) is 0 Å². The average Bonchev–Trinajstić information content (AvgIpc) is 2.57. The topological polar surface area (TPSA) is 24.9 Å². The van der Waals surface area contributed by atoms with Crippen LogP contribution in [0.25, 0.3) is 0 Å². The average molecular weight is 290 g/mol. The van der Waals surface area contributed by atoms with Crippen LogP contribution in [0.15, 0.2) is 16.7 Å². The van der Waals surface area contributed by atoms with Crippen molar-refractivity contribution >= 4 is 33.3 Å². The van der Waals surface area contributed by atoms with E-state index >= 15 is 0 Å². The van der Waals surface area contributed by atoms with Crippen LogP contribution in [0.4, 0.5) is 5.82 Å². The number of pyridine rings is 1. The van der Waals surface area contributed by atoms with Gasteiger partial charge in [0.15, 0.2) is 0 Å². The third-order valence-electron chi connectivity index (χ3n) is 2.99. The predicted octanol–water partition coefficient (Wildman–Crippen LogP) is 4.10. The van der Waals surface area contributed by atoms with Gasteiger partial charge in [-0.05, 0) is 40.8 Å². The van der Waals surface area contributed by atoms with Crippen LogP contribution in [-0.2, 0) is 0 Å². The lowest BCUT2D eigenvalue weighted by molar-refractivity contribution is 0.554. The summed E-state index contributed by atoms with van der Waals surface area (Å²) in [5, 5.41) is 4.13. The molecule has 2 nitrogen and oxygen atoms in total. The van der Waals surface area contributed by atoms with Gasteiger partial charge >= 0.3 is 0 Å². The molecule has 2 unspecified atom stereocenters. The Balaban J connectivity index is 2.10. The van der Waals surface area contributed by atoms with Crippen molar-refractivity contribution in [1.29, 1.82) is 0 Å².